The van der Waals surface area contributed by atoms with Gasteiger partial charge in [-0.1, -0.05) is 52.2 Å². The summed E-state index contributed by atoms with van der Waals surface area (Å²) >= 11 is 0. The highest BCUT2D eigenvalue weighted by atomic mass is 19.4. The van der Waals surface area contributed by atoms with E-state index in [-0.39, 0.29) is 11.5 Å². The summed E-state index contributed by atoms with van der Waals surface area (Å²) in [7, 11) is 0. The van der Waals surface area contributed by atoms with Crippen LogP contribution in [0.4, 0.5) is 30.7 Å². The first-order valence-electron chi connectivity index (χ1n) is 11.6. The highest BCUT2D eigenvalue weighted by Crippen LogP contribution is 2.55. The van der Waals surface area contributed by atoms with E-state index in [1.165, 1.54) is 27.2 Å². The third-order valence-corrected chi connectivity index (χ3v) is 6.66. The number of hydrazone groups is 1. The van der Waals surface area contributed by atoms with Crippen LogP contribution < -0.4 is 4.74 Å². The molecule has 1 N–H and O–H groups in total. The first-order chi connectivity index (χ1) is 16.4. The van der Waals surface area contributed by atoms with Crippen molar-refractivity contribution in [2.75, 3.05) is 6.61 Å². The summed E-state index contributed by atoms with van der Waals surface area (Å²) < 4.78 is 101. The average molecular weight is 526 g/mol. The number of carbonyl (C=O) groups excluding carboxylic acids is 1. The van der Waals surface area contributed by atoms with E-state index in [2.05, 4.69) is 5.10 Å². The zero-order chi connectivity index (χ0) is 27.2. The van der Waals surface area contributed by atoms with Gasteiger partial charge in [0.1, 0.15) is 5.75 Å². The van der Waals surface area contributed by atoms with Crippen molar-refractivity contribution in [2.24, 2.45) is 10.5 Å². The maximum absolute atomic E-state index is 14.7. The summed E-state index contributed by atoms with van der Waals surface area (Å²) in [5.41, 5.74) is -4.67. The monoisotopic (exact) mass is 526 g/mol. The normalized spacial score (nSPS) is 22.5. The molecule has 36 heavy (non-hydrogen) atoms. The molecule has 1 fully saturated rings. The van der Waals surface area contributed by atoms with Gasteiger partial charge in [0, 0.05) is 17.5 Å². The lowest BCUT2D eigenvalue weighted by molar-refractivity contribution is -0.401. The molecule has 1 heterocycles. The SMILES string of the molecule is CC(C)(C)C1=NN(C(=O)COc2ccc(C3CCCCC3)cc2)[C@@](O)(C(F)(F)C(F)(F)C(F)(F)F)C1. The van der Waals surface area contributed by atoms with Crippen LogP contribution in [0.1, 0.15) is 70.8 Å². The van der Waals surface area contributed by atoms with Crippen molar-refractivity contribution in [3.05, 3.63) is 29.8 Å². The van der Waals surface area contributed by atoms with E-state index in [0.717, 1.165) is 31.2 Å². The molecule has 0 spiro atoms. The topological polar surface area (TPSA) is 62.1 Å². The Labute approximate surface area is 204 Å². The van der Waals surface area contributed by atoms with Gasteiger partial charge in [0.15, 0.2) is 6.61 Å². The zero-order valence-corrected chi connectivity index (χ0v) is 20.1. The van der Waals surface area contributed by atoms with Crippen LogP contribution in [0.25, 0.3) is 0 Å². The molecule has 1 aromatic rings. The summed E-state index contributed by atoms with van der Waals surface area (Å²) in [6.07, 6.45) is -2.61. The number of hydrogen-bond donors (Lipinski definition) is 1. The van der Waals surface area contributed by atoms with Crippen LogP contribution in [-0.4, -0.2) is 52.1 Å². The number of rotatable bonds is 6. The van der Waals surface area contributed by atoms with Gasteiger partial charge in [0.2, 0.25) is 5.72 Å². The van der Waals surface area contributed by atoms with Crippen molar-refractivity contribution in [1.29, 1.82) is 0 Å². The Morgan fingerprint density at radius 2 is 1.58 bits per heavy atom. The third kappa shape index (κ3) is 5.05. The number of amides is 1. The Balaban J connectivity index is 1.82. The molecule has 0 aromatic heterocycles. The predicted octanol–water partition coefficient (Wildman–Crippen LogP) is 6.27. The second kappa shape index (κ2) is 9.50. The molecule has 0 radical (unpaired) electrons. The summed E-state index contributed by atoms with van der Waals surface area (Å²) in [4.78, 5) is 12.7. The van der Waals surface area contributed by atoms with Gasteiger partial charge in [0.25, 0.3) is 5.91 Å². The molecular formula is C24H29F7N2O3. The molecule has 12 heteroatoms. The molecule has 1 aliphatic heterocycles. The summed E-state index contributed by atoms with van der Waals surface area (Å²) in [5, 5.41) is 13.7. The number of benzene rings is 1. The quantitative estimate of drug-likeness (QED) is 0.445. The minimum Gasteiger partial charge on any atom is -0.484 e. The summed E-state index contributed by atoms with van der Waals surface area (Å²) in [5.74, 6) is -13.7. The predicted molar refractivity (Wildman–Crippen MR) is 117 cm³/mol. The number of nitrogens with zero attached hydrogens (tertiary/aromatic N) is 2. The highest BCUT2D eigenvalue weighted by Gasteiger charge is 2.82. The molecular weight excluding hydrogens is 497 g/mol. The average Bonchev–Trinajstić information content (AvgIpc) is 3.17. The van der Waals surface area contributed by atoms with Crippen molar-refractivity contribution < 1.29 is 45.4 Å². The van der Waals surface area contributed by atoms with Gasteiger partial charge in [-0.2, -0.15) is 40.8 Å². The van der Waals surface area contributed by atoms with Crippen molar-refractivity contribution in [3.63, 3.8) is 0 Å². The van der Waals surface area contributed by atoms with Gasteiger partial charge in [-0.3, -0.25) is 4.79 Å². The lowest BCUT2D eigenvalue weighted by Gasteiger charge is -2.41. The first kappa shape index (κ1) is 28.2. The molecule has 1 amide bonds. The van der Waals surface area contributed by atoms with Crippen LogP contribution in [0.5, 0.6) is 5.75 Å². The minimum atomic E-state index is -6.69. The zero-order valence-electron chi connectivity index (χ0n) is 20.1. The van der Waals surface area contributed by atoms with Crippen molar-refractivity contribution in [2.45, 2.75) is 89.0 Å². The smallest absolute Gasteiger partial charge is 0.460 e. The van der Waals surface area contributed by atoms with Crippen LogP contribution in [-0.2, 0) is 4.79 Å². The maximum Gasteiger partial charge on any atom is 0.460 e. The standard InChI is InChI=1S/C24H29F7N2O3/c1-20(2,3)18-13-21(35,22(25,26)23(27,28)24(29,30)31)33(32-18)19(34)14-36-17-11-9-16(10-12-17)15-7-5-4-6-8-15/h9-12,15,35H,4-8,13-14H2,1-3H3/t21-/m0/s1. The lowest BCUT2D eigenvalue weighted by Crippen LogP contribution is -2.69. The van der Waals surface area contributed by atoms with Gasteiger partial charge >= 0.3 is 18.0 Å². The third-order valence-electron chi connectivity index (χ3n) is 6.66. The molecule has 0 bridgehead atoms. The van der Waals surface area contributed by atoms with Gasteiger partial charge in [-0.05, 0) is 36.5 Å². The molecule has 5 nitrogen and oxygen atoms in total. The van der Waals surface area contributed by atoms with Crippen LogP contribution in [0.15, 0.2) is 29.4 Å². The van der Waals surface area contributed by atoms with Crippen LogP contribution in [0, 0.1) is 5.41 Å². The Hall–Kier alpha value is -2.37. The van der Waals surface area contributed by atoms with Gasteiger partial charge in [-0.25, -0.2) is 0 Å². The van der Waals surface area contributed by atoms with Crippen LogP contribution >= 0.6 is 0 Å². The molecule has 1 atom stereocenters. The Morgan fingerprint density at radius 1 is 1.03 bits per heavy atom. The fourth-order valence-electron chi connectivity index (χ4n) is 4.38. The van der Waals surface area contributed by atoms with Crippen LogP contribution in [0.3, 0.4) is 0 Å². The molecule has 1 aliphatic carbocycles. The number of aliphatic hydroxyl groups is 1. The lowest BCUT2D eigenvalue weighted by atomic mass is 9.83. The van der Waals surface area contributed by atoms with Gasteiger partial charge in [-0.15, -0.1) is 0 Å². The molecule has 1 aromatic carbocycles. The number of hydrogen-bond acceptors (Lipinski definition) is 4. The minimum absolute atomic E-state index is 0.151. The van der Waals surface area contributed by atoms with E-state index in [9.17, 15) is 40.6 Å². The fourth-order valence-corrected chi connectivity index (χ4v) is 4.38. The number of carbonyl (C=O) groups is 1. The molecule has 2 aliphatic rings. The van der Waals surface area contributed by atoms with Crippen molar-refractivity contribution >= 4 is 11.6 Å². The Kier molecular flexibility index (Phi) is 7.44. The van der Waals surface area contributed by atoms with E-state index in [0.29, 0.717) is 5.92 Å². The maximum atomic E-state index is 14.7. The van der Waals surface area contributed by atoms with Crippen LogP contribution in [0.2, 0.25) is 0 Å². The second-order valence-electron chi connectivity index (χ2n) is 10.3. The van der Waals surface area contributed by atoms with Crippen molar-refractivity contribution in [3.8, 4) is 5.75 Å². The molecule has 202 valence electrons. The number of ether oxygens (including phenoxy) is 1. The van der Waals surface area contributed by atoms with E-state index in [4.69, 9.17) is 4.74 Å². The van der Waals surface area contributed by atoms with E-state index in [1.807, 2.05) is 0 Å². The highest BCUT2D eigenvalue weighted by molar-refractivity contribution is 5.94. The molecule has 0 unspecified atom stereocenters. The van der Waals surface area contributed by atoms with E-state index in [1.54, 1.807) is 24.3 Å². The molecule has 0 saturated heterocycles. The fraction of sp³-hybridized carbons (Fsp3) is 0.667. The van der Waals surface area contributed by atoms with Crippen molar-refractivity contribution in [1.82, 2.24) is 5.01 Å². The summed E-state index contributed by atoms with van der Waals surface area (Å²) in [6, 6.07) is 6.67. The van der Waals surface area contributed by atoms with Gasteiger partial charge < -0.3 is 9.84 Å². The molecule has 3 rings (SSSR count). The van der Waals surface area contributed by atoms with E-state index < -0.39 is 53.1 Å². The van der Waals surface area contributed by atoms with E-state index >= 15 is 0 Å². The number of alkyl halides is 7. The largest absolute Gasteiger partial charge is 0.484 e. The second-order valence-corrected chi connectivity index (χ2v) is 10.3. The Bertz CT molecular complexity index is 981. The molecule has 1 saturated carbocycles. The Morgan fingerprint density at radius 3 is 2.08 bits per heavy atom. The number of halogens is 7. The first-order valence-corrected chi connectivity index (χ1v) is 11.6. The van der Waals surface area contributed by atoms with Gasteiger partial charge in [0.05, 0.1) is 0 Å². The summed E-state index contributed by atoms with van der Waals surface area (Å²) in [6.45, 7) is 3.24.